The van der Waals surface area contributed by atoms with E-state index in [1.807, 2.05) is 13.8 Å². The molecule has 0 amide bonds. The molecular weight excluding hydrogens is 330 g/mol. The number of rotatable bonds is 10. The van der Waals surface area contributed by atoms with E-state index in [2.05, 4.69) is 49.4 Å². The molecule has 2 rings (SSSR count). The van der Waals surface area contributed by atoms with Crippen molar-refractivity contribution < 1.29 is 5.11 Å². The van der Waals surface area contributed by atoms with Gasteiger partial charge in [0.1, 0.15) is 11.0 Å². The largest absolute Gasteiger partial charge is 0.392 e. The maximum absolute atomic E-state index is 9.50. The first-order chi connectivity index (χ1) is 12.4. The lowest BCUT2D eigenvalue weighted by Gasteiger charge is -2.14. The van der Waals surface area contributed by atoms with E-state index >= 15 is 0 Å². The van der Waals surface area contributed by atoms with Crippen molar-refractivity contribution in [1.29, 1.82) is 0 Å². The van der Waals surface area contributed by atoms with E-state index in [4.69, 9.17) is 0 Å². The van der Waals surface area contributed by atoms with E-state index < -0.39 is 6.10 Å². The van der Waals surface area contributed by atoms with E-state index in [0.29, 0.717) is 42.9 Å². The van der Waals surface area contributed by atoms with Crippen LogP contribution in [0.4, 0.5) is 17.7 Å². The normalized spacial score (nSPS) is 12.0. The molecule has 8 heteroatoms. The quantitative estimate of drug-likeness (QED) is 0.480. The van der Waals surface area contributed by atoms with Crippen LogP contribution >= 0.6 is 0 Å². The molecule has 142 valence electrons. The number of aryl methyl sites for hydroxylation is 1. The molecule has 0 aliphatic rings. The van der Waals surface area contributed by atoms with Crippen molar-refractivity contribution in [2.45, 2.75) is 46.6 Å². The maximum atomic E-state index is 9.50. The Hall–Kier alpha value is -2.48. The van der Waals surface area contributed by atoms with Crippen LogP contribution in [0.25, 0.3) is 11.0 Å². The minimum absolute atomic E-state index is 0.374. The van der Waals surface area contributed by atoms with E-state index in [0.717, 1.165) is 29.6 Å². The summed E-state index contributed by atoms with van der Waals surface area (Å²) in [6.07, 6.45) is 1.25. The fourth-order valence-electron chi connectivity index (χ4n) is 2.40. The molecular formula is C18H29N7O. The lowest BCUT2D eigenvalue weighted by molar-refractivity contribution is 0.208. The van der Waals surface area contributed by atoms with Gasteiger partial charge in [-0.3, -0.25) is 0 Å². The minimum atomic E-state index is -0.489. The van der Waals surface area contributed by atoms with Crippen LogP contribution in [0.2, 0.25) is 0 Å². The van der Waals surface area contributed by atoms with E-state index in [9.17, 15) is 5.11 Å². The molecule has 0 saturated heterocycles. The van der Waals surface area contributed by atoms with Gasteiger partial charge in [0.05, 0.1) is 11.8 Å². The van der Waals surface area contributed by atoms with Gasteiger partial charge < -0.3 is 21.1 Å². The summed E-state index contributed by atoms with van der Waals surface area (Å²) in [5.41, 5.74) is 3.30. The highest BCUT2D eigenvalue weighted by atomic mass is 16.3. The summed E-state index contributed by atoms with van der Waals surface area (Å²) in [4.78, 5) is 18.4. The second-order valence-corrected chi connectivity index (χ2v) is 6.41. The van der Waals surface area contributed by atoms with Crippen LogP contribution in [0, 0.1) is 0 Å². The van der Waals surface area contributed by atoms with Gasteiger partial charge in [-0.15, -0.1) is 0 Å². The summed E-state index contributed by atoms with van der Waals surface area (Å²) in [6.45, 7) is 13.4. The number of aliphatic hydroxyl groups is 1. The molecule has 0 radical (unpaired) electrons. The third-order valence-electron chi connectivity index (χ3n) is 3.55. The van der Waals surface area contributed by atoms with E-state index in [-0.39, 0.29) is 0 Å². The fraction of sp³-hybridized carbons (Fsp3) is 0.556. The first-order valence-electron chi connectivity index (χ1n) is 9.07. The van der Waals surface area contributed by atoms with Crippen LogP contribution in [0.3, 0.4) is 0 Å². The molecule has 0 aromatic carbocycles. The fourth-order valence-corrected chi connectivity index (χ4v) is 2.40. The molecule has 0 unspecified atom stereocenters. The van der Waals surface area contributed by atoms with E-state index in [1.165, 1.54) is 0 Å². The SMILES string of the molecule is C=C(C)CNc1nc(CCC)c2nc(NC[C@H](C)O)nc(NCC)c2n1. The van der Waals surface area contributed by atoms with Crippen LogP contribution in [-0.2, 0) is 6.42 Å². The van der Waals surface area contributed by atoms with Gasteiger partial charge in [-0.1, -0.05) is 25.5 Å². The Morgan fingerprint density at radius 1 is 1.04 bits per heavy atom. The van der Waals surface area contributed by atoms with Gasteiger partial charge in [0.25, 0.3) is 0 Å². The molecule has 8 nitrogen and oxygen atoms in total. The zero-order valence-electron chi connectivity index (χ0n) is 16.1. The van der Waals surface area contributed by atoms with Crippen molar-refractivity contribution in [1.82, 2.24) is 19.9 Å². The van der Waals surface area contributed by atoms with E-state index in [1.54, 1.807) is 6.92 Å². The highest BCUT2D eigenvalue weighted by Crippen LogP contribution is 2.25. The van der Waals surface area contributed by atoms with Crippen LogP contribution in [0.5, 0.6) is 0 Å². The van der Waals surface area contributed by atoms with Gasteiger partial charge in [0.15, 0.2) is 5.82 Å². The molecule has 0 fully saturated rings. The number of nitrogens with one attached hydrogen (secondary N) is 3. The van der Waals surface area contributed by atoms with Gasteiger partial charge in [-0.05, 0) is 27.2 Å². The second-order valence-electron chi connectivity index (χ2n) is 6.41. The Kier molecular flexibility index (Phi) is 7.08. The van der Waals surface area contributed by atoms with Crippen LogP contribution in [-0.4, -0.2) is 50.8 Å². The standard InChI is InChI=1S/C18H29N7O/c1-6-8-13-14-15(24-17(22-13)20-9-11(3)4)16(19-7-2)25-18(23-14)21-10-12(5)26/h12,26H,3,6-10H2,1-2,4-5H3,(H,20,22,24)(H2,19,21,23,25)/t12-/m0/s1. The third-order valence-corrected chi connectivity index (χ3v) is 3.55. The average molecular weight is 359 g/mol. The van der Waals surface area contributed by atoms with Gasteiger partial charge in [0, 0.05) is 19.6 Å². The Labute approximate surface area is 154 Å². The summed E-state index contributed by atoms with van der Waals surface area (Å²) in [6, 6.07) is 0. The van der Waals surface area contributed by atoms with Crippen molar-refractivity contribution in [2.24, 2.45) is 0 Å². The summed E-state index contributed by atoms with van der Waals surface area (Å²) < 4.78 is 0. The van der Waals surface area contributed by atoms with Crippen molar-refractivity contribution >= 4 is 28.7 Å². The lowest BCUT2D eigenvalue weighted by Crippen LogP contribution is -2.18. The van der Waals surface area contributed by atoms with Crippen molar-refractivity contribution in [3.05, 3.63) is 17.8 Å². The maximum Gasteiger partial charge on any atom is 0.225 e. The topological polar surface area (TPSA) is 108 Å². The predicted molar refractivity (Wildman–Crippen MR) is 107 cm³/mol. The summed E-state index contributed by atoms with van der Waals surface area (Å²) in [7, 11) is 0. The summed E-state index contributed by atoms with van der Waals surface area (Å²) >= 11 is 0. The first kappa shape index (κ1) is 19.8. The predicted octanol–water partition coefficient (Wildman–Crippen LogP) is 2.58. The summed E-state index contributed by atoms with van der Waals surface area (Å²) in [5.74, 6) is 1.66. The molecule has 0 aliphatic heterocycles. The molecule has 2 heterocycles. The zero-order valence-corrected chi connectivity index (χ0v) is 16.1. The van der Waals surface area contributed by atoms with Crippen LogP contribution in [0.1, 0.15) is 39.8 Å². The highest BCUT2D eigenvalue weighted by molar-refractivity contribution is 5.88. The number of anilines is 3. The molecule has 26 heavy (non-hydrogen) atoms. The van der Waals surface area contributed by atoms with Crippen LogP contribution in [0.15, 0.2) is 12.2 Å². The Bertz CT molecular complexity index is 761. The second kappa shape index (κ2) is 9.28. The molecule has 0 saturated carbocycles. The molecule has 0 aliphatic carbocycles. The molecule has 0 bridgehead atoms. The number of hydrogen-bond donors (Lipinski definition) is 4. The van der Waals surface area contributed by atoms with Crippen LogP contribution < -0.4 is 16.0 Å². The monoisotopic (exact) mass is 359 g/mol. The van der Waals surface area contributed by atoms with Crippen molar-refractivity contribution in [3.63, 3.8) is 0 Å². The van der Waals surface area contributed by atoms with Gasteiger partial charge in [0.2, 0.25) is 11.9 Å². The molecule has 1 atom stereocenters. The smallest absolute Gasteiger partial charge is 0.225 e. The van der Waals surface area contributed by atoms with Gasteiger partial charge in [-0.25, -0.2) is 15.0 Å². The summed E-state index contributed by atoms with van der Waals surface area (Å²) in [5, 5.41) is 19.0. The number of fused-ring (bicyclic) bond motifs is 1. The number of hydrogen-bond acceptors (Lipinski definition) is 8. The lowest BCUT2D eigenvalue weighted by atomic mass is 10.2. The Morgan fingerprint density at radius 3 is 2.35 bits per heavy atom. The number of aromatic nitrogens is 4. The first-order valence-corrected chi connectivity index (χ1v) is 9.07. The van der Waals surface area contributed by atoms with Crippen molar-refractivity contribution in [3.8, 4) is 0 Å². The molecule has 2 aromatic heterocycles. The Balaban J connectivity index is 2.53. The average Bonchev–Trinajstić information content (AvgIpc) is 2.59. The third kappa shape index (κ3) is 5.26. The van der Waals surface area contributed by atoms with Crippen molar-refractivity contribution in [2.75, 3.05) is 35.6 Å². The number of aliphatic hydroxyl groups excluding tert-OH is 1. The highest BCUT2D eigenvalue weighted by Gasteiger charge is 2.15. The minimum Gasteiger partial charge on any atom is -0.392 e. The number of nitrogens with zero attached hydrogens (tertiary/aromatic N) is 4. The molecule has 2 aromatic rings. The van der Waals surface area contributed by atoms with Gasteiger partial charge in [-0.2, -0.15) is 4.98 Å². The van der Waals surface area contributed by atoms with Gasteiger partial charge >= 0.3 is 0 Å². The molecule has 4 N–H and O–H groups in total. The Morgan fingerprint density at radius 2 is 1.73 bits per heavy atom. The molecule has 0 spiro atoms. The zero-order chi connectivity index (χ0) is 19.1.